The Bertz CT molecular complexity index is 228. The smallest absolute Gasteiger partial charge is 0.234 e. The largest absolute Gasteiger partial charge is 0.342 e. The Balaban J connectivity index is 2.34. The zero-order valence-electron chi connectivity index (χ0n) is 8.58. The van der Waals surface area contributed by atoms with Crippen LogP contribution in [0.4, 0.5) is 0 Å². The second-order valence-corrected chi connectivity index (χ2v) is 4.83. The van der Waals surface area contributed by atoms with Crippen molar-refractivity contribution in [3.63, 3.8) is 0 Å². The van der Waals surface area contributed by atoms with Crippen molar-refractivity contribution in [2.75, 3.05) is 5.75 Å². The van der Waals surface area contributed by atoms with Gasteiger partial charge in [-0.25, -0.2) is 0 Å². The molecular formula is C11H17NOS. The SMILES string of the molecule is C#CC(CCC)NC(=O)C1CCCS1. The van der Waals surface area contributed by atoms with Gasteiger partial charge >= 0.3 is 0 Å². The molecule has 0 aromatic rings. The molecule has 0 aliphatic carbocycles. The topological polar surface area (TPSA) is 29.1 Å². The number of carbonyl (C=O) groups is 1. The molecule has 14 heavy (non-hydrogen) atoms. The minimum atomic E-state index is -0.0753. The van der Waals surface area contributed by atoms with E-state index >= 15 is 0 Å². The second kappa shape index (κ2) is 5.98. The molecule has 2 atom stereocenters. The Morgan fingerprint density at radius 1 is 1.79 bits per heavy atom. The fourth-order valence-corrected chi connectivity index (χ4v) is 2.71. The fourth-order valence-electron chi connectivity index (χ4n) is 1.53. The number of hydrogen-bond acceptors (Lipinski definition) is 2. The summed E-state index contributed by atoms with van der Waals surface area (Å²) in [6, 6.07) is -0.0753. The minimum absolute atomic E-state index is 0.0753. The van der Waals surface area contributed by atoms with Crippen molar-refractivity contribution in [3.8, 4) is 12.3 Å². The highest BCUT2D eigenvalue weighted by Gasteiger charge is 2.24. The van der Waals surface area contributed by atoms with Gasteiger partial charge in [-0.15, -0.1) is 18.2 Å². The average molecular weight is 211 g/mol. The molecule has 1 aliphatic rings. The monoisotopic (exact) mass is 211 g/mol. The van der Waals surface area contributed by atoms with Crippen molar-refractivity contribution in [1.29, 1.82) is 0 Å². The molecule has 1 N–H and O–H groups in total. The highest BCUT2D eigenvalue weighted by Crippen LogP contribution is 2.26. The van der Waals surface area contributed by atoms with Crippen molar-refractivity contribution in [2.45, 2.75) is 43.9 Å². The quantitative estimate of drug-likeness (QED) is 0.718. The molecule has 1 fully saturated rings. The van der Waals surface area contributed by atoms with Crippen LogP contribution in [0.1, 0.15) is 32.6 Å². The molecule has 0 aromatic carbocycles. The Morgan fingerprint density at radius 3 is 3.07 bits per heavy atom. The van der Waals surface area contributed by atoms with E-state index in [4.69, 9.17) is 6.42 Å². The van der Waals surface area contributed by atoms with Gasteiger partial charge in [0.05, 0.1) is 11.3 Å². The van der Waals surface area contributed by atoms with Gasteiger partial charge < -0.3 is 5.32 Å². The van der Waals surface area contributed by atoms with Crippen LogP contribution in [-0.4, -0.2) is 23.0 Å². The molecular weight excluding hydrogens is 194 g/mol. The van der Waals surface area contributed by atoms with Gasteiger partial charge in [-0.3, -0.25) is 4.79 Å². The maximum Gasteiger partial charge on any atom is 0.234 e. The number of nitrogens with one attached hydrogen (secondary N) is 1. The minimum Gasteiger partial charge on any atom is -0.342 e. The van der Waals surface area contributed by atoms with E-state index in [1.807, 2.05) is 0 Å². The van der Waals surface area contributed by atoms with E-state index in [2.05, 4.69) is 18.2 Å². The van der Waals surface area contributed by atoms with Crippen molar-refractivity contribution in [2.24, 2.45) is 0 Å². The van der Waals surface area contributed by atoms with Gasteiger partial charge in [0.1, 0.15) is 0 Å². The molecule has 2 unspecified atom stereocenters. The highest BCUT2D eigenvalue weighted by atomic mass is 32.2. The van der Waals surface area contributed by atoms with E-state index in [0.717, 1.165) is 31.4 Å². The van der Waals surface area contributed by atoms with Gasteiger partial charge in [0.2, 0.25) is 5.91 Å². The van der Waals surface area contributed by atoms with Crippen LogP contribution in [-0.2, 0) is 4.79 Å². The molecule has 3 heteroatoms. The van der Waals surface area contributed by atoms with E-state index in [1.165, 1.54) is 0 Å². The lowest BCUT2D eigenvalue weighted by molar-refractivity contribution is -0.121. The van der Waals surface area contributed by atoms with Crippen LogP contribution in [0.15, 0.2) is 0 Å². The maximum atomic E-state index is 11.7. The summed E-state index contributed by atoms with van der Waals surface area (Å²) < 4.78 is 0. The molecule has 0 radical (unpaired) electrons. The fraction of sp³-hybridized carbons (Fsp3) is 0.727. The average Bonchev–Trinajstić information content (AvgIpc) is 2.69. The second-order valence-electron chi connectivity index (χ2n) is 3.52. The van der Waals surface area contributed by atoms with Crippen molar-refractivity contribution >= 4 is 17.7 Å². The summed E-state index contributed by atoms with van der Waals surface area (Å²) in [6.07, 6.45) is 9.37. The summed E-state index contributed by atoms with van der Waals surface area (Å²) in [6.45, 7) is 2.07. The Morgan fingerprint density at radius 2 is 2.57 bits per heavy atom. The summed E-state index contributed by atoms with van der Waals surface area (Å²) in [5.41, 5.74) is 0. The molecule has 1 aliphatic heterocycles. The molecule has 1 saturated heterocycles. The van der Waals surface area contributed by atoms with Gasteiger partial charge in [-0.1, -0.05) is 19.3 Å². The molecule has 1 amide bonds. The predicted molar refractivity (Wildman–Crippen MR) is 61.2 cm³/mol. The standard InChI is InChI=1S/C11H17NOS/c1-3-6-9(4-2)12-11(13)10-7-5-8-14-10/h2,9-10H,3,5-8H2,1H3,(H,12,13). The zero-order chi connectivity index (χ0) is 10.4. The van der Waals surface area contributed by atoms with Crippen molar-refractivity contribution in [1.82, 2.24) is 5.32 Å². The van der Waals surface area contributed by atoms with E-state index in [1.54, 1.807) is 11.8 Å². The summed E-state index contributed by atoms with van der Waals surface area (Å²) in [7, 11) is 0. The first kappa shape index (κ1) is 11.5. The first-order chi connectivity index (χ1) is 6.77. The van der Waals surface area contributed by atoms with Gasteiger partial charge in [-0.2, -0.15) is 0 Å². The lowest BCUT2D eigenvalue weighted by Gasteiger charge is -2.14. The van der Waals surface area contributed by atoms with Gasteiger partial charge in [-0.05, 0) is 25.0 Å². The normalized spacial score (nSPS) is 22.7. The Labute approximate surface area is 90.2 Å². The third kappa shape index (κ3) is 3.26. The molecule has 1 heterocycles. The molecule has 0 bridgehead atoms. The third-order valence-corrected chi connectivity index (χ3v) is 3.69. The lowest BCUT2D eigenvalue weighted by Crippen LogP contribution is -2.38. The Kier molecular flexibility index (Phi) is 4.89. The number of thioether (sulfide) groups is 1. The van der Waals surface area contributed by atoms with E-state index < -0.39 is 0 Å². The molecule has 78 valence electrons. The van der Waals surface area contributed by atoms with Gasteiger partial charge in [0.15, 0.2) is 0 Å². The summed E-state index contributed by atoms with van der Waals surface area (Å²) in [4.78, 5) is 11.7. The molecule has 0 saturated carbocycles. The van der Waals surface area contributed by atoms with Crippen LogP contribution < -0.4 is 5.32 Å². The molecule has 0 spiro atoms. The van der Waals surface area contributed by atoms with Crippen LogP contribution in [0.3, 0.4) is 0 Å². The summed E-state index contributed by atoms with van der Waals surface area (Å²) in [5.74, 6) is 3.85. The number of rotatable bonds is 4. The number of terminal acetylenes is 1. The zero-order valence-corrected chi connectivity index (χ0v) is 9.40. The third-order valence-electron chi connectivity index (χ3n) is 2.32. The summed E-state index contributed by atoms with van der Waals surface area (Å²) >= 11 is 1.74. The predicted octanol–water partition coefficient (Wildman–Crippen LogP) is 1.80. The van der Waals surface area contributed by atoms with Crippen molar-refractivity contribution in [3.05, 3.63) is 0 Å². The number of carbonyl (C=O) groups excluding carboxylic acids is 1. The highest BCUT2D eigenvalue weighted by molar-refractivity contribution is 8.00. The van der Waals surface area contributed by atoms with Crippen molar-refractivity contribution < 1.29 is 4.79 Å². The van der Waals surface area contributed by atoms with Crippen LogP contribution in [0.5, 0.6) is 0 Å². The molecule has 1 rings (SSSR count). The lowest BCUT2D eigenvalue weighted by atomic mass is 10.1. The first-order valence-electron chi connectivity index (χ1n) is 5.16. The van der Waals surface area contributed by atoms with Crippen LogP contribution in [0.2, 0.25) is 0 Å². The van der Waals surface area contributed by atoms with E-state index in [9.17, 15) is 4.79 Å². The van der Waals surface area contributed by atoms with Crippen LogP contribution >= 0.6 is 11.8 Å². The summed E-state index contributed by atoms with van der Waals surface area (Å²) in [5, 5.41) is 3.06. The molecule has 2 nitrogen and oxygen atoms in total. The van der Waals surface area contributed by atoms with Gasteiger partial charge in [0, 0.05) is 0 Å². The number of amides is 1. The van der Waals surface area contributed by atoms with E-state index in [-0.39, 0.29) is 17.2 Å². The van der Waals surface area contributed by atoms with Gasteiger partial charge in [0.25, 0.3) is 0 Å². The van der Waals surface area contributed by atoms with Crippen LogP contribution in [0, 0.1) is 12.3 Å². The molecule has 0 aromatic heterocycles. The first-order valence-corrected chi connectivity index (χ1v) is 6.21. The Hall–Kier alpha value is -0.620. The van der Waals surface area contributed by atoms with E-state index in [0.29, 0.717) is 0 Å². The maximum absolute atomic E-state index is 11.7. The van der Waals surface area contributed by atoms with Crippen LogP contribution in [0.25, 0.3) is 0 Å². The number of hydrogen-bond donors (Lipinski definition) is 1.